The van der Waals surface area contributed by atoms with Crippen molar-refractivity contribution in [3.63, 3.8) is 0 Å². The number of hydrogen-bond acceptors (Lipinski definition) is 6. The van der Waals surface area contributed by atoms with Crippen LogP contribution in [0.25, 0.3) is 42.3 Å². The van der Waals surface area contributed by atoms with Crippen LogP contribution in [-0.2, 0) is 30.3 Å². The summed E-state index contributed by atoms with van der Waals surface area (Å²) in [6.07, 6.45) is 11.7. The molecule has 0 saturated heterocycles. The Balaban J connectivity index is 0.000000335. The van der Waals surface area contributed by atoms with E-state index in [-0.39, 0.29) is 48.9 Å². The molecule has 0 amide bonds. The van der Waals surface area contributed by atoms with Gasteiger partial charge in [-0.05, 0) is 79.7 Å². The van der Waals surface area contributed by atoms with Crippen LogP contribution in [0.15, 0.2) is 60.6 Å². The first-order valence-electron chi connectivity index (χ1n) is 19.3. The maximum atomic E-state index is 11.7. The zero-order chi connectivity index (χ0) is 37.8. The van der Waals surface area contributed by atoms with Gasteiger partial charge in [-0.1, -0.05) is 97.5 Å². The maximum absolute atomic E-state index is 11.7. The Morgan fingerprint density at radius 2 is 1.62 bits per heavy atom. The van der Waals surface area contributed by atoms with Crippen LogP contribution >= 0.6 is 11.3 Å². The second-order valence-corrected chi connectivity index (χ2v) is 17.5. The second-order valence-electron chi connectivity index (χ2n) is 16.4. The molecule has 0 spiro atoms. The van der Waals surface area contributed by atoms with E-state index in [1.165, 1.54) is 53.0 Å². The molecular weight excluding hydrogens is 851 g/mol. The zero-order valence-electron chi connectivity index (χ0n) is 33.0. The molecule has 2 aromatic heterocycles. The van der Waals surface area contributed by atoms with Crippen LogP contribution in [0.3, 0.4) is 0 Å². The predicted octanol–water partition coefficient (Wildman–Crippen LogP) is 13.2. The van der Waals surface area contributed by atoms with Gasteiger partial charge < -0.3 is 5.11 Å². The molecule has 0 bridgehead atoms. The van der Waals surface area contributed by atoms with Crippen LogP contribution in [0.4, 0.5) is 0 Å². The first-order valence-corrected chi connectivity index (χ1v) is 20.1. The number of fused-ring (bicyclic) bond motifs is 4. The van der Waals surface area contributed by atoms with E-state index in [1.54, 1.807) is 17.7 Å². The standard InChI is InChI=1S/C33H32N3S.C13H24O2.Ir/c1-32(2,3)27-16-24(15-23-14-20(18-34)6-8-25(23)27)29-31-30(36-19-35-29)26-9-7-22(17-28(26)37-31)21-10-12-33(4,5)13-11-21;1-5-10(6-2)12(14)9-13(15)11(7-3)8-4;/h6-9,14,16-17,19,21H,10-13H2,1-5H3;9-11,14H,5-8H2,1-4H3;/q-1;;/b;12-9-;. The number of carbonyl (C=O) groups is 1. The van der Waals surface area contributed by atoms with Crippen molar-refractivity contribution in [2.75, 3.05) is 0 Å². The van der Waals surface area contributed by atoms with Gasteiger partial charge in [-0.3, -0.25) is 9.78 Å². The van der Waals surface area contributed by atoms with Crippen LogP contribution in [0.2, 0.25) is 0 Å². The SMILES string of the molecule is CC1(C)CCC(c2ccc3c(c2)sc2c(-c4[c-]c5cc(C#N)ccc5c(C(C)(C)C)c4)ncnc23)CC1.CCC(CC)C(=O)/C=C(\O)C(CC)CC.[Ir]. The normalized spacial score (nSPS) is 15.0. The van der Waals surface area contributed by atoms with Crippen molar-refractivity contribution in [2.45, 2.75) is 125 Å². The predicted molar refractivity (Wildman–Crippen MR) is 219 cm³/mol. The summed E-state index contributed by atoms with van der Waals surface area (Å²) >= 11 is 1.79. The Hall–Kier alpha value is -3.43. The number of rotatable bonds is 9. The molecule has 1 aliphatic carbocycles. The Bertz CT molecular complexity index is 2120. The molecule has 3 aromatic carbocycles. The maximum Gasteiger partial charge on any atom is 0.162 e. The van der Waals surface area contributed by atoms with Crippen molar-refractivity contribution in [1.82, 2.24) is 9.97 Å². The summed E-state index contributed by atoms with van der Waals surface area (Å²) in [5, 5.41) is 22.5. The third kappa shape index (κ3) is 9.63. The van der Waals surface area contributed by atoms with Gasteiger partial charge in [-0.25, -0.2) is 4.98 Å². The number of thiophene rings is 1. The van der Waals surface area contributed by atoms with E-state index in [1.807, 2.05) is 39.8 Å². The number of carbonyl (C=O) groups excluding carboxylic acids is 1. The molecular formula is C46H56IrN3O2S-. The molecule has 1 aliphatic rings. The summed E-state index contributed by atoms with van der Waals surface area (Å²) in [7, 11) is 0. The smallest absolute Gasteiger partial charge is 0.162 e. The van der Waals surface area contributed by atoms with Crippen LogP contribution in [-0.4, -0.2) is 20.9 Å². The van der Waals surface area contributed by atoms with Crippen LogP contribution < -0.4 is 0 Å². The number of ketones is 1. The van der Waals surface area contributed by atoms with Gasteiger partial charge in [0.2, 0.25) is 0 Å². The third-order valence-corrected chi connectivity index (χ3v) is 12.4. The zero-order valence-corrected chi connectivity index (χ0v) is 36.2. The second kappa shape index (κ2) is 17.8. The van der Waals surface area contributed by atoms with Crippen molar-refractivity contribution >= 4 is 48.2 Å². The van der Waals surface area contributed by atoms with E-state index >= 15 is 0 Å². The minimum absolute atomic E-state index is 0. The molecule has 0 unspecified atom stereocenters. The van der Waals surface area contributed by atoms with Crippen LogP contribution in [0, 0.1) is 34.6 Å². The third-order valence-electron chi connectivity index (χ3n) is 11.2. The summed E-state index contributed by atoms with van der Waals surface area (Å²) in [6, 6.07) is 21.0. The van der Waals surface area contributed by atoms with Gasteiger partial charge in [-0.15, -0.1) is 40.5 Å². The fourth-order valence-electron chi connectivity index (χ4n) is 7.65. The number of aromatic nitrogens is 2. The molecule has 1 saturated carbocycles. The molecule has 1 fully saturated rings. The molecule has 0 aliphatic heterocycles. The Kier molecular flexibility index (Phi) is 14.2. The first kappa shape index (κ1) is 42.3. The van der Waals surface area contributed by atoms with E-state index in [4.69, 9.17) is 9.97 Å². The van der Waals surface area contributed by atoms with Crippen molar-refractivity contribution in [3.05, 3.63) is 83.4 Å². The van der Waals surface area contributed by atoms with E-state index in [9.17, 15) is 15.2 Å². The first-order chi connectivity index (χ1) is 24.7. The molecule has 1 N–H and O–H groups in total. The molecule has 7 heteroatoms. The van der Waals surface area contributed by atoms with Crippen molar-refractivity contribution < 1.29 is 30.0 Å². The van der Waals surface area contributed by atoms with E-state index in [0.29, 0.717) is 16.9 Å². The fraction of sp³-hybridized carbons (Fsp3) is 0.478. The number of allylic oxidation sites excluding steroid dienone is 2. The minimum atomic E-state index is -0.0635. The Morgan fingerprint density at radius 3 is 2.23 bits per heavy atom. The van der Waals surface area contributed by atoms with Gasteiger partial charge in [0.25, 0.3) is 0 Å². The number of nitriles is 1. The van der Waals surface area contributed by atoms with Gasteiger partial charge in [0.1, 0.15) is 6.33 Å². The monoisotopic (exact) mass is 907 g/mol. The molecule has 2 heterocycles. The molecule has 0 atom stereocenters. The van der Waals surface area contributed by atoms with E-state index in [0.717, 1.165) is 57.9 Å². The van der Waals surface area contributed by atoms with Crippen molar-refractivity contribution in [2.24, 2.45) is 17.3 Å². The summed E-state index contributed by atoms with van der Waals surface area (Å²) < 4.78 is 2.38. The summed E-state index contributed by atoms with van der Waals surface area (Å²) in [5.74, 6) is 1.19. The summed E-state index contributed by atoms with van der Waals surface area (Å²) in [6.45, 7) is 19.6. The summed E-state index contributed by atoms with van der Waals surface area (Å²) in [5.41, 5.74) is 6.64. The van der Waals surface area contributed by atoms with Crippen molar-refractivity contribution in [3.8, 4) is 17.3 Å². The molecule has 5 nitrogen and oxygen atoms in total. The average Bonchev–Trinajstić information content (AvgIpc) is 3.50. The van der Waals surface area contributed by atoms with Crippen LogP contribution in [0.5, 0.6) is 0 Å². The van der Waals surface area contributed by atoms with Gasteiger partial charge in [0.05, 0.1) is 17.3 Å². The number of benzene rings is 3. The van der Waals surface area contributed by atoms with E-state index < -0.39 is 0 Å². The quantitative estimate of drug-likeness (QED) is 0.0904. The topological polar surface area (TPSA) is 86.9 Å². The molecule has 1 radical (unpaired) electrons. The Morgan fingerprint density at radius 1 is 0.981 bits per heavy atom. The van der Waals surface area contributed by atoms with Gasteiger partial charge in [-0.2, -0.15) is 5.26 Å². The summed E-state index contributed by atoms with van der Waals surface area (Å²) in [4.78, 5) is 21.2. The molecule has 53 heavy (non-hydrogen) atoms. The van der Waals surface area contributed by atoms with Gasteiger partial charge in [0.15, 0.2) is 5.78 Å². The largest absolute Gasteiger partial charge is 0.512 e. The fourth-order valence-corrected chi connectivity index (χ4v) is 8.86. The minimum Gasteiger partial charge on any atom is -0.512 e. The number of aliphatic hydroxyl groups is 1. The van der Waals surface area contributed by atoms with Crippen LogP contribution in [0.1, 0.15) is 136 Å². The molecule has 6 rings (SSSR count). The van der Waals surface area contributed by atoms with Gasteiger partial charge >= 0.3 is 0 Å². The molecule has 283 valence electrons. The van der Waals surface area contributed by atoms with Crippen molar-refractivity contribution in [1.29, 1.82) is 5.26 Å². The number of nitrogens with zero attached hydrogens (tertiary/aromatic N) is 3. The van der Waals surface area contributed by atoms with Gasteiger partial charge in [0, 0.05) is 64.1 Å². The average molecular weight is 907 g/mol. The van der Waals surface area contributed by atoms with E-state index in [2.05, 4.69) is 77.1 Å². The Labute approximate surface area is 334 Å². The number of aliphatic hydroxyl groups excluding tert-OH is 1. The number of hydrogen-bond donors (Lipinski definition) is 1. The molecule has 5 aromatic rings.